The highest BCUT2D eigenvalue weighted by atomic mass is 35.5. The summed E-state index contributed by atoms with van der Waals surface area (Å²) in [5, 5.41) is 10.9. The number of hydrogen-bond acceptors (Lipinski definition) is 4. The molecule has 0 spiro atoms. The Morgan fingerprint density at radius 2 is 1.72 bits per heavy atom. The fourth-order valence-electron chi connectivity index (χ4n) is 2.33. The molecule has 0 amide bonds. The third-order valence-electron chi connectivity index (χ3n) is 3.63. The van der Waals surface area contributed by atoms with Gasteiger partial charge in [0.2, 0.25) is 10.0 Å². The molecule has 0 aliphatic carbocycles. The lowest BCUT2D eigenvalue weighted by Crippen LogP contribution is -2.80. The number of aromatic nitrogens is 1. The second-order valence-corrected chi connectivity index (χ2v) is 8.39. The molecule has 25 heavy (non-hydrogen) atoms. The van der Waals surface area contributed by atoms with Gasteiger partial charge in [0, 0.05) is 21.5 Å². The first-order valence-electron chi connectivity index (χ1n) is 7.55. The third kappa shape index (κ3) is 4.87. The number of nitrogens with two attached hydrogens (primary N) is 2. The van der Waals surface area contributed by atoms with Gasteiger partial charge in [0.25, 0.3) is 0 Å². The highest BCUT2D eigenvalue weighted by Gasteiger charge is 2.08. The number of primary sulfonamides is 1. The molecule has 0 aliphatic rings. The maximum Gasteiger partial charge on any atom is 0.238 e. The second-order valence-electron chi connectivity index (χ2n) is 5.54. The van der Waals surface area contributed by atoms with Crippen molar-refractivity contribution in [2.75, 3.05) is 0 Å². The summed E-state index contributed by atoms with van der Waals surface area (Å²) < 4.78 is 22.5. The molecule has 0 bridgehead atoms. The molecule has 5 nitrogen and oxygen atoms in total. The largest absolute Gasteiger partial charge is 0.337 e. The minimum absolute atomic E-state index is 0.128. The highest BCUT2D eigenvalue weighted by Crippen LogP contribution is 2.24. The van der Waals surface area contributed by atoms with Crippen LogP contribution in [0.5, 0.6) is 0 Å². The van der Waals surface area contributed by atoms with Crippen molar-refractivity contribution in [3.05, 3.63) is 70.2 Å². The van der Waals surface area contributed by atoms with E-state index in [4.69, 9.17) is 16.7 Å². The number of benzene rings is 2. The molecule has 0 aliphatic heterocycles. The van der Waals surface area contributed by atoms with Crippen LogP contribution in [0, 0.1) is 0 Å². The predicted molar refractivity (Wildman–Crippen MR) is 99.7 cm³/mol. The topological polar surface area (TPSA) is 89.7 Å². The van der Waals surface area contributed by atoms with Crippen molar-refractivity contribution in [1.29, 1.82) is 0 Å². The van der Waals surface area contributed by atoms with Gasteiger partial charge in [0.1, 0.15) is 23.8 Å². The Bertz CT molecular complexity index is 952. The number of rotatable bonds is 6. The first kappa shape index (κ1) is 18.0. The van der Waals surface area contributed by atoms with Crippen LogP contribution in [-0.4, -0.2) is 13.4 Å². The molecular weight excluding hydrogens is 378 g/mol. The normalized spacial score (nSPS) is 11.6. The van der Waals surface area contributed by atoms with Gasteiger partial charge < -0.3 is 5.32 Å². The van der Waals surface area contributed by atoms with Crippen molar-refractivity contribution in [2.45, 2.75) is 18.0 Å². The van der Waals surface area contributed by atoms with Crippen LogP contribution in [0.1, 0.15) is 11.3 Å². The molecule has 0 saturated heterocycles. The van der Waals surface area contributed by atoms with E-state index < -0.39 is 10.0 Å². The number of hydrogen-bond donors (Lipinski definition) is 2. The maximum atomic E-state index is 11.2. The van der Waals surface area contributed by atoms with Gasteiger partial charge in [-0.2, -0.15) is 0 Å². The van der Waals surface area contributed by atoms with E-state index in [1.807, 2.05) is 29.6 Å². The molecule has 8 heteroatoms. The molecule has 3 aromatic rings. The van der Waals surface area contributed by atoms with E-state index in [1.165, 1.54) is 12.1 Å². The SMILES string of the molecule is NS(=O)(=O)c1ccc(C[NH2+]Cc2csc(-c3ccc(Cl)cc3)n2)cc1. The van der Waals surface area contributed by atoms with Crippen molar-refractivity contribution in [3.8, 4) is 10.6 Å². The molecule has 0 saturated carbocycles. The van der Waals surface area contributed by atoms with Gasteiger partial charge >= 0.3 is 0 Å². The summed E-state index contributed by atoms with van der Waals surface area (Å²) >= 11 is 7.51. The van der Waals surface area contributed by atoms with Gasteiger partial charge in [0.15, 0.2) is 0 Å². The number of halogens is 1. The van der Waals surface area contributed by atoms with Crippen LogP contribution in [0.3, 0.4) is 0 Å². The van der Waals surface area contributed by atoms with E-state index in [1.54, 1.807) is 23.5 Å². The summed E-state index contributed by atoms with van der Waals surface area (Å²) in [5.41, 5.74) is 3.09. The summed E-state index contributed by atoms with van der Waals surface area (Å²) in [6.07, 6.45) is 0. The molecule has 0 atom stereocenters. The van der Waals surface area contributed by atoms with Crippen molar-refractivity contribution in [1.82, 2.24) is 4.98 Å². The van der Waals surface area contributed by atoms with Crippen LogP contribution in [0.15, 0.2) is 58.8 Å². The summed E-state index contributed by atoms with van der Waals surface area (Å²) in [6.45, 7) is 1.49. The van der Waals surface area contributed by atoms with E-state index in [9.17, 15) is 8.42 Å². The third-order valence-corrected chi connectivity index (χ3v) is 5.75. The monoisotopic (exact) mass is 394 g/mol. The van der Waals surface area contributed by atoms with Crippen LogP contribution in [0.25, 0.3) is 10.6 Å². The Morgan fingerprint density at radius 3 is 2.36 bits per heavy atom. The minimum atomic E-state index is -3.64. The molecule has 4 N–H and O–H groups in total. The van der Waals surface area contributed by atoms with E-state index >= 15 is 0 Å². The zero-order valence-corrected chi connectivity index (χ0v) is 15.6. The lowest BCUT2D eigenvalue weighted by Gasteiger charge is -2.02. The standard InChI is InChI=1S/C17H16ClN3O2S2/c18-14-5-3-13(4-6-14)17-21-15(11-24-17)10-20-9-12-1-7-16(8-2-12)25(19,22)23/h1-8,11,20H,9-10H2,(H2,19,22,23)/p+1. The smallest absolute Gasteiger partial charge is 0.238 e. The van der Waals surface area contributed by atoms with Crippen molar-refractivity contribution in [2.24, 2.45) is 5.14 Å². The lowest BCUT2D eigenvalue weighted by molar-refractivity contribution is -0.686. The van der Waals surface area contributed by atoms with E-state index in [0.717, 1.165) is 34.9 Å². The number of nitrogens with zero attached hydrogens (tertiary/aromatic N) is 1. The Morgan fingerprint density at radius 1 is 1.04 bits per heavy atom. The van der Waals surface area contributed by atoms with Crippen molar-refractivity contribution in [3.63, 3.8) is 0 Å². The first-order chi connectivity index (χ1) is 11.9. The summed E-state index contributed by atoms with van der Waals surface area (Å²) in [5.74, 6) is 0. The van der Waals surface area contributed by atoms with Gasteiger partial charge in [0.05, 0.1) is 4.90 Å². The zero-order valence-electron chi connectivity index (χ0n) is 13.2. The van der Waals surface area contributed by atoms with E-state index in [0.29, 0.717) is 5.02 Å². The van der Waals surface area contributed by atoms with Crippen LogP contribution in [-0.2, 0) is 23.1 Å². The van der Waals surface area contributed by atoms with Gasteiger partial charge in [-0.3, -0.25) is 0 Å². The average Bonchev–Trinajstić information content (AvgIpc) is 3.04. The Kier molecular flexibility index (Phi) is 5.51. The molecule has 2 aromatic carbocycles. The van der Waals surface area contributed by atoms with Gasteiger partial charge in [-0.05, 0) is 24.3 Å². The highest BCUT2D eigenvalue weighted by molar-refractivity contribution is 7.89. The molecule has 130 valence electrons. The van der Waals surface area contributed by atoms with Crippen LogP contribution < -0.4 is 10.5 Å². The van der Waals surface area contributed by atoms with Gasteiger partial charge in [-0.15, -0.1) is 11.3 Å². The molecule has 0 radical (unpaired) electrons. The zero-order chi connectivity index (χ0) is 17.9. The average molecular weight is 395 g/mol. The van der Waals surface area contributed by atoms with Crippen LogP contribution in [0.2, 0.25) is 5.02 Å². The van der Waals surface area contributed by atoms with E-state index in [-0.39, 0.29) is 4.90 Å². The number of thiazole rings is 1. The predicted octanol–water partition coefficient (Wildman–Crippen LogP) is 2.37. The van der Waals surface area contributed by atoms with Crippen LogP contribution in [0.4, 0.5) is 0 Å². The number of sulfonamides is 1. The summed E-state index contributed by atoms with van der Waals surface area (Å²) in [4.78, 5) is 4.76. The Balaban J connectivity index is 1.57. The van der Waals surface area contributed by atoms with Crippen molar-refractivity contribution >= 4 is 33.0 Å². The van der Waals surface area contributed by atoms with Gasteiger partial charge in [-0.1, -0.05) is 35.9 Å². The Hall–Kier alpha value is -1.77. The second kappa shape index (κ2) is 7.63. The quantitative estimate of drug-likeness (QED) is 0.672. The van der Waals surface area contributed by atoms with E-state index in [2.05, 4.69) is 10.3 Å². The molecule has 0 unspecified atom stereocenters. The fourth-order valence-corrected chi connectivity index (χ4v) is 3.81. The molecule has 1 heterocycles. The molecular formula is C17H17ClN3O2S2+. The van der Waals surface area contributed by atoms with Gasteiger partial charge in [-0.25, -0.2) is 18.5 Å². The maximum absolute atomic E-state index is 11.2. The summed E-state index contributed by atoms with van der Waals surface area (Å²) in [6, 6.07) is 14.2. The molecule has 3 rings (SSSR count). The molecule has 1 aromatic heterocycles. The lowest BCUT2D eigenvalue weighted by atomic mass is 10.2. The number of quaternary nitrogens is 1. The first-order valence-corrected chi connectivity index (χ1v) is 10.4. The minimum Gasteiger partial charge on any atom is -0.337 e. The Labute approximate surface area is 155 Å². The van der Waals surface area contributed by atoms with Crippen molar-refractivity contribution < 1.29 is 13.7 Å². The van der Waals surface area contributed by atoms with Crippen LogP contribution >= 0.6 is 22.9 Å². The summed E-state index contributed by atoms with van der Waals surface area (Å²) in [7, 11) is -3.64. The molecule has 0 fully saturated rings. The fraction of sp³-hybridized carbons (Fsp3) is 0.118.